The van der Waals surface area contributed by atoms with E-state index >= 15 is 0 Å². The predicted molar refractivity (Wildman–Crippen MR) is 111 cm³/mol. The number of ether oxygens (including phenoxy) is 2. The van der Waals surface area contributed by atoms with Gasteiger partial charge in [0.15, 0.2) is 11.5 Å². The molecule has 3 aromatic rings. The zero-order valence-corrected chi connectivity index (χ0v) is 17.4. The minimum atomic E-state index is -0.0747. The smallest absolute Gasteiger partial charge is 0.246 e. The molecule has 8 nitrogen and oxygen atoms in total. The molecule has 0 spiro atoms. The first kappa shape index (κ1) is 19.9. The van der Waals surface area contributed by atoms with Crippen LogP contribution in [0.5, 0.6) is 11.5 Å². The van der Waals surface area contributed by atoms with Crippen molar-refractivity contribution < 1.29 is 14.3 Å². The van der Waals surface area contributed by atoms with E-state index < -0.39 is 0 Å². The molecule has 0 saturated heterocycles. The van der Waals surface area contributed by atoms with Crippen LogP contribution in [-0.2, 0) is 17.9 Å². The van der Waals surface area contributed by atoms with E-state index in [0.29, 0.717) is 30.6 Å². The number of nitrogens with zero attached hydrogens (tertiary/aromatic N) is 5. The van der Waals surface area contributed by atoms with Gasteiger partial charge in [0.1, 0.15) is 6.54 Å². The molecule has 8 heteroatoms. The van der Waals surface area contributed by atoms with Gasteiger partial charge >= 0.3 is 0 Å². The summed E-state index contributed by atoms with van der Waals surface area (Å²) in [5, 5.41) is 12.5. The van der Waals surface area contributed by atoms with Gasteiger partial charge in [-0.2, -0.15) is 4.80 Å². The van der Waals surface area contributed by atoms with E-state index in [1.54, 1.807) is 4.90 Å². The van der Waals surface area contributed by atoms with Gasteiger partial charge in [-0.25, -0.2) is 0 Å². The molecule has 0 N–H and O–H groups in total. The topological polar surface area (TPSA) is 82.4 Å². The maximum Gasteiger partial charge on any atom is 0.246 e. The molecule has 2 aromatic carbocycles. The minimum absolute atomic E-state index is 0.0372. The molecule has 1 amide bonds. The number of carbonyl (C=O) groups excluding carboxylic acids is 1. The van der Waals surface area contributed by atoms with E-state index in [2.05, 4.69) is 41.4 Å². The molecular formula is C22H25N5O3. The van der Waals surface area contributed by atoms with Crippen LogP contribution in [0.2, 0.25) is 0 Å². The molecule has 0 bridgehead atoms. The van der Waals surface area contributed by atoms with Gasteiger partial charge in [0.2, 0.25) is 18.5 Å². The molecule has 0 unspecified atom stereocenters. The first-order valence-electron chi connectivity index (χ1n) is 10.1. The number of tetrazole rings is 1. The van der Waals surface area contributed by atoms with E-state index in [-0.39, 0.29) is 19.2 Å². The number of amides is 1. The lowest BCUT2D eigenvalue weighted by molar-refractivity contribution is -0.132. The third-order valence-electron chi connectivity index (χ3n) is 5.11. The van der Waals surface area contributed by atoms with Crippen LogP contribution < -0.4 is 9.47 Å². The fraction of sp³-hybridized carbons (Fsp3) is 0.364. The summed E-state index contributed by atoms with van der Waals surface area (Å²) < 4.78 is 10.8. The van der Waals surface area contributed by atoms with Crippen LogP contribution >= 0.6 is 0 Å². The molecule has 30 heavy (non-hydrogen) atoms. The zero-order chi connectivity index (χ0) is 21.1. The number of fused-ring (bicyclic) bond motifs is 1. The summed E-state index contributed by atoms with van der Waals surface area (Å²) in [6, 6.07) is 13.8. The first-order valence-corrected chi connectivity index (χ1v) is 10.1. The summed E-state index contributed by atoms with van der Waals surface area (Å²) in [5.74, 6) is 2.34. The van der Waals surface area contributed by atoms with Gasteiger partial charge in [0.05, 0.1) is 0 Å². The molecule has 1 aliphatic heterocycles. The average molecular weight is 407 g/mol. The van der Waals surface area contributed by atoms with Gasteiger partial charge in [-0.05, 0) is 41.3 Å². The van der Waals surface area contributed by atoms with Crippen molar-refractivity contribution in [3.63, 3.8) is 0 Å². The van der Waals surface area contributed by atoms with Crippen LogP contribution in [0.25, 0.3) is 11.4 Å². The summed E-state index contributed by atoms with van der Waals surface area (Å²) in [5.41, 5.74) is 3.11. The Balaban J connectivity index is 1.41. The summed E-state index contributed by atoms with van der Waals surface area (Å²) >= 11 is 0. The van der Waals surface area contributed by atoms with Crippen molar-refractivity contribution in [2.75, 3.05) is 13.3 Å². The highest BCUT2D eigenvalue weighted by atomic mass is 16.7. The van der Waals surface area contributed by atoms with E-state index in [4.69, 9.17) is 9.47 Å². The maximum atomic E-state index is 12.8. The average Bonchev–Trinajstić information content (AvgIpc) is 3.41. The number of likely N-dealkylation sites (N-methyl/N-ethyl adjacent to an activating group) is 1. The van der Waals surface area contributed by atoms with Crippen LogP contribution in [-0.4, -0.2) is 44.4 Å². The molecule has 4 rings (SSSR count). The van der Waals surface area contributed by atoms with Crippen molar-refractivity contribution in [3.8, 4) is 22.9 Å². The van der Waals surface area contributed by atoms with Crippen LogP contribution in [0.15, 0.2) is 42.5 Å². The Labute approximate surface area is 175 Å². The monoisotopic (exact) mass is 407 g/mol. The van der Waals surface area contributed by atoms with Gasteiger partial charge in [0.25, 0.3) is 0 Å². The van der Waals surface area contributed by atoms with Gasteiger partial charge in [-0.3, -0.25) is 4.79 Å². The highest BCUT2D eigenvalue weighted by Crippen LogP contribution is 2.32. The van der Waals surface area contributed by atoms with E-state index in [1.165, 1.54) is 10.4 Å². The van der Waals surface area contributed by atoms with E-state index in [1.807, 2.05) is 37.3 Å². The van der Waals surface area contributed by atoms with Crippen molar-refractivity contribution >= 4 is 5.91 Å². The van der Waals surface area contributed by atoms with Crippen molar-refractivity contribution in [2.24, 2.45) is 0 Å². The van der Waals surface area contributed by atoms with E-state index in [9.17, 15) is 4.79 Å². The van der Waals surface area contributed by atoms with Crippen LogP contribution in [0.1, 0.15) is 37.8 Å². The number of aromatic nitrogens is 4. The predicted octanol–water partition coefficient (Wildman–Crippen LogP) is 3.24. The molecule has 1 aliphatic rings. The molecule has 0 aliphatic carbocycles. The zero-order valence-electron chi connectivity index (χ0n) is 17.4. The Morgan fingerprint density at radius 2 is 1.90 bits per heavy atom. The maximum absolute atomic E-state index is 12.8. The van der Waals surface area contributed by atoms with Gasteiger partial charge in [-0.1, -0.05) is 44.2 Å². The van der Waals surface area contributed by atoms with Crippen LogP contribution in [0, 0.1) is 0 Å². The second-order valence-corrected chi connectivity index (χ2v) is 7.52. The third-order valence-corrected chi connectivity index (χ3v) is 5.11. The summed E-state index contributed by atoms with van der Waals surface area (Å²) in [4.78, 5) is 15.9. The lowest BCUT2D eigenvalue weighted by Crippen LogP contribution is -2.33. The largest absolute Gasteiger partial charge is 0.454 e. The standard InChI is InChI=1S/C22H25N5O3/c1-4-26(12-16-5-10-19-20(11-16)30-14-29-19)21(28)13-27-24-22(23-25-27)18-8-6-17(7-9-18)15(2)3/h5-11,15H,4,12-14H2,1-3H3. The third kappa shape index (κ3) is 4.27. The second-order valence-electron chi connectivity index (χ2n) is 7.52. The number of benzene rings is 2. The normalized spacial score (nSPS) is 12.4. The van der Waals surface area contributed by atoms with Crippen molar-refractivity contribution in [2.45, 2.75) is 39.8 Å². The van der Waals surface area contributed by atoms with Crippen molar-refractivity contribution in [3.05, 3.63) is 53.6 Å². The fourth-order valence-electron chi connectivity index (χ4n) is 3.30. The lowest BCUT2D eigenvalue weighted by Gasteiger charge is -2.20. The number of hydrogen-bond donors (Lipinski definition) is 0. The molecule has 0 radical (unpaired) electrons. The van der Waals surface area contributed by atoms with Gasteiger partial charge in [0, 0.05) is 18.7 Å². The Hall–Kier alpha value is -3.42. The summed E-state index contributed by atoms with van der Waals surface area (Å²) in [7, 11) is 0. The van der Waals surface area contributed by atoms with Gasteiger partial charge in [-0.15, -0.1) is 10.2 Å². The molecule has 0 saturated carbocycles. The molecule has 156 valence electrons. The summed E-state index contributed by atoms with van der Waals surface area (Å²) in [6.45, 7) is 7.57. The number of hydrogen-bond acceptors (Lipinski definition) is 6. The lowest BCUT2D eigenvalue weighted by atomic mass is 10.0. The molecule has 0 fully saturated rings. The van der Waals surface area contributed by atoms with E-state index in [0.717, 1.165) is 16.9 Å². The minimum Gasteiger partial charge on any atom is -0.454 e. The first-order chi connectivity index (χ1) is 14.5. The molecule has 2 heterocycles. The Morgan fingerprint density at radius 1 is 1.13 bits per heavy atom. The highest BCUT2D eigenvalue weighted by Gasteiger charge is 2.18. The molecular weight excluding hydrogens is 382 g/mol. The SMILES string of the molecule is CCN(Cc1ccc2c(c1)OCO2)C(=O)Cn1nnc(-c2ccc(C(C)C)cc2)n1. The van der Waals surface area contributed by atoms with Crippen LogP contribution in [0.3, 0.4) is 0 Å². The second kappa shape index (κ2) is 8.52. The highest BCUT2D eigenvalue weighted by molar-refractivity contribution is 5.75. The van der Waals surface area contributed by atoms with Crippen LogP contribution in [0.4, 0.5) is 0 Å². The molecule has 0 atom stereocenters. The fourth-order valence-corrected chi connectivity index (χ4v) is 3.30. The van der Waals surface area contributed by atoms with Gasteiger partial charge < -0.3 is 14.4 Å². The Morgan fingerprint density at radius 3 is 2.63 bits per heavy atom. The number of rotatable bonds is 7. The van der Waals surface area contributed by atoms with Crippen molar-refractivity contribution in [1.82, 2.24) is 25.1 Å². The van der Waals surface area contributed by atoms with Crippen molar-refractivity contribution in [1.29, 1.82) is 0 Å². The quantitative estimate of drug-likeness (QED) is 0.598. The number of carbonyl (C=O) groups is 1. The Bertz CT molecular complexity index is 1030. The Kier molecular flexibility index (Phi) is 5.65. The molecule has 1 aromatic heterocycles. The summed E-state index contributed by atoms with van der Waals surface area (Å²) in [6.07, 6.45) is 0.